The second-order valence-corrected chi connectivity index (χ2v) is 10.4. The molecule has 28 heavy (non-hydrogen) atoms. The van der Waals surface area contributed by atoms with Crippen LogP contribution in [0.1, 0.15) is 31.7 Å². The van der Waals surface area contributed by atoms with Crippen LogP contribution in [0.2, 0.25) is 0 Å². The van der Waals surface area contributed by atoms with Crippen molar-refractivity contribution >= 4 is 38.5 Å². The molecule has 154 valence electrons. The van der Waals surface area contributed by atoms with Gasteiger partial charge in [-0.1, -0.05) is 18.6 Å². The Hall–Kier alpha value is -1.10. The number of aliphatic hydroxyl groups excluding tert-OH is 1. The first kappa shape index (κ1) is 21.6. The Balaban J connectivity index is 1.76. The number of fused-ring (bicyclic) bond motifs is 1. The van der Waals surface area contributed by atoms with Gasteiger partial charge in [0.15, 0.2) is 21.3 Å². The van der Waals surface area contributed by atoms with Crippen LogP contribution in [-0.2, 0) is 14.6 Å². The monoisotopic (exact) mass is 520 g/mol. The van der Waals surface area contributed by atoms with Crippen LogP contribution >= 0.6 is 22.6 Å². The van der Waals surface area contributed by atoms with Crippen molar-refractivity contribution in [2.75, 3.05) is 26.1 Å². The Morgan fingerprint density at radius 1 is 1.43 bits per heavy atom. The van der Waals surface area contributed by atoms with E-state index < -0.39 is 15.1 Å². The highest BCUT2D eigenvalue weighted by molar-refractivity contribution is 14.1. The molecule has 2 atom stereocenters. The van der Waals surface area contributed by atoms with Gasteiger partial charge in [0.25, 0.3) is 0 Å². The fourth-order valence-electron chi connectivity index (χ4n) is 3.88. The molecule has 0 saturated carbocycles. The fraction of sp³-hybridized carbons (Fsp3) is 0.500. The summed E-state index contributed by atoms with van der Waals surface area (Å²) in [6, 6.07) is 3.69. The van der Waals surface area contributed by atoms with Gasteiger partial charge in [-0.2, -0.15) is 0 Å². The van der Waals surface area contributed by atoms with Crippen molar-refractivity contribution in [3.8, 4) is 11.5 Å². The lowest BCUT2D eigenvalue weighted by atomic mass is 9.96. The van der Waals surface area contributed by atoms with Crippen LogP contribution in [-0.4, -0.2) is 56.1 Å². The normalized spacial score (nSPS) is 23.9. The van der Waals surface area contributed by atoms with E-state index in [-0.39, 0.29) is 30.8 Å². The number of benzene rings is 1. The molecule has 1 aromatic rings. The van der Waals surface area contributed by atoms with Crippen LogP contribution in [0.15, 0.2) is 28.9 Å². The Labute approximate surface area is 179 Å². The second kappa shape index (κ2) is 8.73. The van der Waals surface area contributed by atoms with Crippen molar-refractivity contribution in [1.82, 2.24) is 0 Å². The van der Waals surface area contributed by atoms with Gasteiger partial charge in [-0.25, -0.2) is 8.42 Å². The van der Waals surface area contributed by atoms with Crippen LogP contribution in [0.4, 0.5) is 0 Å². The number of phenols is 1. The van der Waals surface area contributed by atoms with E-state index in [1.807, 2.05) is 6.07 Å². The lowest BCUT2D eigenvalue weighted by molar-refractivity contribution is 0.117. The number of hydrogen-bond acceptors (Lipinski definition) is 6. The van der Waals surface area contributed by atoms with Crippen LogP contribution in [0.25, 0.3) is 6.08 Å². The third kappa shape index (κ3) is 4.24. The van der Waals surface area contributed by atoms with Gasteiger partial charge in [0.05, 0.1) is 35.8 Å². The summed E-state index contributed by atoms with van der Waals surface area (Å²) in [5, 5.41) is 19.0. The predicted octanol–water partition coefficient (Wildman–Crippen LogP) is 3.06. The van der Waals surface area contributed by atoms with E-state index in [0.29, 0.717) is 17.7 Å². The van der Waals surface area contributed by atoms with E-state index in [2.05, 4.69) is 35.6 Å². The van der Waals surface area contributed by atoms with E-state index in [9.17, 15) is 18.6 Å². The molecule has 0 radical (unpaired) electrons. The molecule has 0 amide bonds. The summed E-state index contributed by atoms with van der Waals surface area (Å²) in [5.41, 5.74) is 3.52. The van der Waals surface area contributed by atoms with Gasteiger partial charge in [-0.05, 0) is 70.7 Å². The number of ether oxygens (including phenoxy) is 2. The third-order valence-electron chi connectivity index (χ3n) is 5.37. The van der Waals surface area contributed by atoms with Crippen molar-refractivity contribution < 1.29 is 28.1 Å². The summed E-state index contributed by atoms with van der Waals surface area (Å²) < 4.78 is 36.2. The maximum absolute atomic E-state index is 12.2. The molecule has 3 rings (SSSR count). The van der Waals surface area contributed by atoms with Gasteiger partial charge in [0, 0.05) is 0 Å². The Bertz CT molecular complexity index is 919. The van der Waals surface area contributed by atoms with E-state index >= 15 is 0 Å². The van der Waals surface area contributed by atoms with Crippen molar-refractivity contribution in [3.63, 3.8) is 0 Å². The zero-order chi connectivity index (χ0) is 20.5. The molecule has 1 fully saturated rings. The first-order chi connectivity index (χ1) is 13.3. The number of methoxy groups -OCH3 is 1. The summed E-state index contributed by atoms with van der Waals surface area (Å²) in [6.45, 7) is 2.03. The van der Waals surface area contributed by atoms with Gasteiger partial charge < -0.3 is 19.7 Å². The zero-order valence-corrected chi connectivity index (χ0v) is 18.9. The van der Waals surface area contributed by atoms with Crippen molar-refractivity contribution in [2.45, 2.75) is 37.5 Å². The molecule has 2 aliphatic rings. The van der Waals surface area contributed by atoms with Crippen molar-refractivity contribution in [3.05, 3.63) is 38.0 Å². The molecule has 2 heterocycles. The average molecular weight is 520 g/mol. The molecule has 0 bridgehead atoms. The molecule has 2 N–H and O–H groups in total. The Morgan fingerprint density at radius 2 is 2.18 bits per heavy atom. The first-order valence-electron chi connectivity index (χ1n) is 9.22. The number of hydrogen-bond donors (Lipinski definition) is 2. The number of phenolic OH excluding ortho intramolecular Hbond substituents is 1. The molecule has 0 aliphatic carbocycles. The Kier molecular flexibility index (Phi) is 6.73. The molecular weight excluding hydrogens is 495 g/mol. The van der Waals surface area contributed by atoms with Crippen LogP contribution in [0.5, 0.6) is 11.5 Å². The summed E-state index contributed by atoms with van der Waals surface area (Å²) in [7, 11) is -1.72. The van der Waals surface area contributed by atoms with E-state index in [1.165, 1.54) is 12.7 Å². The molecule has 0 spiro atoms. The SMILES string of the molecule is CC/C(=C\c1cc(I)c(O)c(OC)c1)CC[C@H]1OC[C@H]2C1=C(CO)CS2(=O)=O. The van der Waals surface area contributed by atoms with Crippen molar-refractivity contribution in [2.24, 2.45) is 0 Å². The molecular formula is C20H25IO6S. The summed E-state index contributed by atoms with van der Waals surface area (Å²) >= 11 is 2.07. The summed E-state index contributed by atoms with van der Waals surface area (Å²) in [4.78, 5) is 0. The predicted molar refractivity (Wildman–Crippen MR) is 116 cm³/mol. The lowest BCUT2D eigenvalue weighted by Crippen LogP contribution is -2.19. The topological polar surface area (TPSA) is 93.1 Å². The number of sulfone groups is 1. The third-order valence-corrected chi connectivity index (χ3v) is 8.20. The second-order valence-electron chi connectivity index (χ2n) is 7.08. The standard InChI is InChI=1S/C20H25IO6S/c1-3-12(6-13-7-15(21)20(23)17(8-13)26-2)4-5-16-19-14(9-22)11-28(24,25)18(19)10-27-16/h6-8,16,18,22-23H,3-5,9-11H2,1-2H3/b12-6+/t16-,18+/m1/s1. The number of aliphatic hydroxyl groups is 1. The summed E-state index contributed by atoms with van der Waals surface area (Å²) in [6.07, 6.45) is 4.10. The molecule has 2 aliphatic heterocycles. The fourth-order valence-corrected chi connectivity index (χ4v) is 6.44. The highest BCUT2D eigenvalue weighted by atomic mass is 127. The van der Waals surface area contributed by atoms with Gasteiger partial charge in [0.1, 0.15) is 5.25 Å². The van der Waals surface area contributed by atoms with Crippen LogP contribution in [0, 0.1) is 3.57 Å². The van der Waals surface area contributed by atoms with Gasteiger partial charge in [0.2, 0.25) is 0 Å². The maximum atomic E-state index is 12.2. The summed E-state index contributed by atoms with van der Waals surface area (Å²) in [5.74, 6) is 0.519. The Morgan fingerprint density at radius 3 is 2.82 bits per heavy atom. The molecule has 1 aromatic carbocycles. The molecule has 0 unspecified atom stereocenters. The highest BCUT2D eigenvalue weighted by Gasteiger charge is 2.46. The molecule has 0 aromatic heterocycles. The minimum atomic E-state index is -3.24. The van der Waals surface area contributed by atoms with E-state index in [0.717, 1.165) is 27.5 Å². The van der Waals surface area contributed by atoms with E-state index in [1.54, 1.807) is 6.07 Å². The zero-order valence-electron chi connectivity index (χ0n) is 15.9. The van der Waals surface area contributed by atoms with Crippen LogP contribution < -0.4 is 4.74 Å². The maximum Gasteiger partial charge on any atom is 0.171 e. The van der Waals surface area contributed by atoms with Crippen molar-refractivity contribution in [1.29, 1.82) is 0 Å². The number of aromatic hydroxyl groups is 1. The highest BCUT2D eigenvalue weighted by Crippen LogP contribution is 2.39. The lowest BCUT2D eigenvalue weighted by Gasteiger charge is -2.14. The average Bonchev–Trinajstić information content (AvgIpc) is 3.20. The van der Waals surface area contributed by atoms with Crippen LogP contribution in [0.3, 0.4) is 0 Å². The quantitative estimate of drug-likeness (QED) is 0.424. The number of halogens is 1. The largest absolute Gasteiger partial charge is 0.504 e. The minimum absolute atomic E-state index is 0.0500. The molecule has 6 nitrogen and oxygen atoms in total. The van der Waals surface area contributed by atoms with E-state index in [4.69, 9.17) is 9.47 Å². The molecule has 8 heteroatoms. The molecule has 1 saturated heterocycles. The first-order valence-corrected chi connectivity index (χ1v) is 12.0. The number of rotatable bonds is 7. The number of allylic oxidation sites excluding steroid dienone is 1. The van der Waals surface area contributed by atoms with Gasteiger partial charge >= 0.3 is 0 Å². The van der Waals surface area contributed by atoms with Gasteiger partial charge in [-0.3, -0.25) is 0 Å². The van der Waals surface area contributed by atoms with Gasteiger partial charge in [-0.15, -0.1) is 0 Å². The smallest absolute Gasteiger partial charge is 0.171 e. The minimum Gasteiger partial charge on any atom is -0.504 e.